The average Bonchev–Trinajstić information content (AvgIpc) is 2.18. The Bertz CT molecular complexity index is 321. The van der Waals surface area contributed by atoms with Gasteiger partial charge in [0.1, 0.15) is 0 Å². The molecule has 1 rings (SSSR count). The van der Waals surface area contributed by atoms with Crippen LogP contribution in [-0.4, -0.2) is 30.8 Å². The van der Waals surface area contributed by atoms with E-state index in [2.05, 4.69) is 6.92 Å². The lowest BCUT2D eigenvalue weighted by Crippen LogP contribution is -2.26. The molecule has 0 aliphatic carbocycles. The van der Waals surface area contributed by atoms with Gasteiger partial charge in [0.2, 0.25) is 0 Å². The zero-order chi connectivity index (χ0) is 11.3. The smallest absolute Gasteiger partial charge is 0.176 e. The first-order chi connectivity index (χ1) is 7.13. The average molecular weight is 226 g/mol. The second-order valence-electron chi connectivity index (χ2n) is 3.67. The summed E-state index contributed by atoms with van der Waals surface area (Å²) >= 11 is 5.75. The molecule has 0 fully saturated rings. The maximum absolute atomic E-state index is 11.8. The Labute approximate surface area is 95.8 Å². The summed E-state index contributed by atoms with van der Waals surface area (Å²) in [6, 6.07) is 7.03. The number of rotatable bonds is 5. The van der Waals surface area contributed by atoms with Crippen LogP contribution in [0.5, 0.6) is 0 Å². The summed E-state index contributed by atoms with van der Waals surface area (Å²) in [5.41, 5.74) is 0.724. The molecule has 82 valence electrons. The fourth-order valence-corrected chi connectivity index (χ4v) is 1.56. The molecule has 0 N–H and O–H groups in total. The van der Waals surface area contributed by atoms with E-state index in [4.69, 9.17) is 11.6 Å². The summed E-state index contributed by atoms with van der Waals surface area (Å²) in [4.78, 5) is 13.8. The number of carbonyl (C=O) groups excluding carboxylic acids is 1. The third-order valence-corrected chi connectivity index (χ3v) is 2.44. The van der Waals surface area contributed by atoms with Crippen LogP contribution in [0.15, 0.2) is 24.3 Å². The van der Waals surface area contributed by atoms with Crippen molar-refractivity contribution < 1.29 is 4.79 Å². The first kappa shape index (κ1) is 12.2. The van der Waals surface area contributed by atoms with E-state index in [1.165, 1.54) is 0 Å². The van der Waals surface area contributed by atoms with Crippen LogP contribution in [0, 0.1) is 0 Å². The van der Waals surface area contributed by atoms with Gasteiger partial charge in [-0.15, -0.1) is 0 Å². The number of likely N-dealkylation sites (N-methyl/N-ethyl adjacent to an activating group) is 1. The van der Waals surface area contributed by atoms with Crippen molar-refractivity contribution in [1.29, 1.82) is 0 Å². The van der Waals surface area contributed by atoms with Gasteiger partial charge in [0.25, 0.3) is 0 Å². The highest BCUT2D eigenvalue weighted by Gasteiger charge is 2.08. The summed E-state index contributed by atoms with van der Waals surface area (Å²) in [6.45, 7) is 3.51. The van der Waals surface area contributed by atoms with Gasteiger partial charge in [0.05, 0.1) is 6.54 Å². The van der Waals surface area contributed by atoms with E-state index in [0.717, 1.165) is 18.5 Å². The second kappa shape index (κ2) is 5.89. The molecule has 0 aliphatic heterocycles. The summed E-state index contributed by atoms with van der Waals surface area (Å²) in [5, 5.41) is 0.661. The molecule has 0 aromatic heterocycles. The second-order valence-corrected chi connectivity index (χ2v) is 4.10. The Morgan fingerprint density at radius 1 is 1.33 bits per heavy atom. The highest BCUT2D eigenvalue weighted by Crippen LogP contribution is 2.10. The predicted octanol–water partition coefficient (Wildman–Crippen LogP) is 2.86. The summed E-state index contributed by atoms with van der Waals surface area (Å²) in [6.07, 6.45) is 1.06. The van der Waals surface area contributed by atoms with Crippen LogP contribution in [-0.2, 0) is 0 Å². The highest BCUT2D eigenvalue weighted by atomic mass is 35.5. The Kier molecular flexibility index (Phi) is 4.79. The van der Waals surface area contributed by atoms with Crippen LogP contribution in [0.4, 0.5) is 0 Å². The van der Waals surface area contributed by atoms with Crippen LogP contribution in [0.1, 0.15) is 23.7 Å². The van der Waals surface area contributed by atoms with E-state index in [-0.39, 0.29) is 5.78 Å². The van der Waals surface area contributed by atoms with Crippen molar-refractivity contribution in [3.63, 3.8) is 0 Å². The maximum atomic E-state index is 11.8. The van der Waals surface area contributed by atoms with E-state index in [1.54, 1.807) is 24.3 Å². The monoisotopic (exact) mass is 225 g/mol. The molecule has 0 bridgehead atoms. The van der Waals surface area contributed by atoms with Crippen molar-refractivity contribution in [2.45, 2.75) is 13.3 Å². The van der Waals surface area contributed by atoms with Crippen LogP contribution in [0.3, 0.4) is 0 Å². The summed E-state index contributed by atoms with van der Waals surface area (Å²) < 4.78 is 0. The van der Waals surface area contributed by atoms with Gasteiger partial charge in [-0.3, -0.25) is 9.69 Å². The first-order valence-corrected chi connectivity index (χ1v) is 5.48. The number of hydrogen-bond acceptors (Lipinski definition) is 2. The van der Waals surface area contributed by atoms with Crippen LogP contribution >= 0.6 is 11.6 Å². The Morgan fingerprint density at radius 3 is 2.47 bits per heavy atom. The number of benzene rings is 1. The Hall–Kier alpha value is -0.860. The number of ketones is 1. The summed E-state index contributed by atoms with van der Waals surface area (Å²) in [5.74, 6) is 0.141. The zero-order valence-corrected chi connectivity index (χ0v) is 9.92. The van der Waals surface area contributed by atoms with Gasteiger partial charge in [-0.1, -0.05) is 18.5 Å². The largest absolute Gasteiger partial charge is 0.299 e. The molecule has 2 nitrogen and oxygen atoms in total. The lowest BCUT2D eigenvalue weighted by molar-refractivity contribution is 0.0946. The van der Waals surface area contributed by atoms with E-state index < -0.39 is 0 Å². The normalized spacial score (nSPS) is 10.7. The fourth-order valence-electron chi connectivity index (χ4n) is 1.43. The molecule has 0 unspecified atom stereocenters. The SMILES string of the molecule is CCCN(C)CC(=O)c1ccc(Cl)cc1. The predicted molar refractivity (Wildman–Crippen MR) is 63.6 cm³/mol. The standard InChI is InChI=1S/C12H16ClNO/c1-3-8-14(2)9-12(15)10-4-6-11(13)7-5-10/h4-7H,3,8-9H2,1-2H3. The van der Waals surface area contributed by atoms with Gasteiger partial charge >= 0.3 is 0 Å². The van der Waals surface area contributed by atoms with Gasteiger partial charge in [-0.05, 0) is 44.3 Å². The molecule has 0 aliphatic rings. The molecule has 3 heteroatoms. The molecule has 0 saturated heterocycles. The van der Waals surface area contributed by atoms with Gasteiger partial charge in [-0.2, -0.15) is 0 Å². The number of hydrogen-bond donors (Lipinski definition) is 0. The lowest BCUT2D eigenvalue weighted by Gasteiger charge is -2.14. The van der Waals surface area contributed by atoms with Crippen molar-refractivity contribution in [3.05, 3.63) is 34.9 Å². The van der Waals surface area contributed by atoms with Crippen LogP contribution < -0.4 is 0 Å². The minimum atomic E-state index is 0.141. The number of Topliss-reactive ketones (excluding diaryl/α,β-unsaturated/α-hetero) is 1. The van der Waals surface area contributed by atoms with E-state index in [0.29, 0.717) is 11.6 Å². The molecule has 0 amide bonds. The van der Waals surface area contributed by atoms with E-state index in [1.807, 2.05) is 11.9 Å². The quantitative estimate of drug-likeness (QED) is 0.719. The van der Waals surface area contributed by atoms with Crippen LogP contribution in [0.2, 0.25) is 5.02 Å². The molecular formula is C12H16ClNO. The molecule has 15 heavy (non-hydrogen) atoms. The molecule has 0 spiro atoms. The molecule has 1 aromatic carbocycles. The van der Waals surface area contributed by atoms with Crippen molar-refractivity contribution in [2.75, 3.05) is 20.1 Å². The molecule has 0 radical (unpaired) electrons. The molecule has 0 atom stereocenters. The maximum Gasteiger partial charge on any atom is 0.176 e. The minimum Gasteiger partial charge on any atom is -0.299 e. The molecular weight excluding hydrogens is 210 g/mol. The highest BCUT2D eigenvalue weighted by molar-refractivity contribution is 6.30. The number of carbonyl (C=O) groups is 1. The Balaban J connectivity index is 2.57. The van der Waals surface area contributed by atoms with E-state index in [9.17, 15) is 4.79 Å². The fraction of sp³-hybridized carbons (Fsp3) is 0.417. The van der Waals surface area contributed by atoms with Crippen LogP contribution in [0.25, 0.3) is 0 Å². The van der Waals surface area contributed by atoms with Gasteiger partial charge < -0.3 is 0 Å². The van der Waals surface area contributed by atoms with E-state index >= 15 is 0 Å². The molecule has 1 aromatic rings. The van der Waals surface area contributed by atoms with Crippen molar-refractivity contribution in [1.82, 2.24) is 4.90 Å². The van der Waals surface area contributed by atoms with Gasteiger partial charge in [0.15, 0.2) is 5.78 Å². The molecule has 0 heterocycles. The summed E-state index contributed by atoms with van der Waals surface area (Å²) in [7, 11) is 1.96. The molecule has 0 saturated carbocycles. The minimum absolute atomic E-state index is 0.141. The third-order valence-electron chi connectivity index (χ3n) is 2.19. The van der Waals surface area contributed by atoms with Crippen molar-refractivity contribution in [2.24, 2.45) is 0 Å². The number of nitrogens with zero attached hydrogens (tertiary/aromatic N) is 1. The third kappa shape index (κ3) is 4.02. The first-order valence-electron chi connectivity index (χ1n) is 5.10. The topological polar surface area (TPSA) is 20.3 Å². The number of halogens is 1. The van der Waals surface area contributed by atoms with Gasteiger partial charge in [-0.25, -0.2) is 0 Å². The van der Waals surface area contributed by atoms with Crippen molar-refractivity contribution in [3.8, 4) is 0 Å². The van der Waals surface area contributed by atoms with Crippen molar-refractivity contribution >= 4 is 17.4 Å². The lowest BCUT2D eigenvalue weighted by atomic mass is 10.1. The Morgan fingerprint density at radius 2 is 1.93 bits per heavy atom. The zero-order valence-electron chi connectivity index (χ0n) is 9.16. The van der Waals surface area contributed by atoms with Gasteiger partial charge in [0, 0.05) is 10.6 Å².